The highest BCUT2D eigenvalue weighted by Crippen LogP contribution is 2.22. The van der Waals surface area contributed by atoms with E-state index in [4.69, 9.17) is 4.42 Å². The first-order valence-corrected chi connectivity index (χ1v) is 7.68. The van der Waals surface area contributed by atoms with Gasteiger partial charge in [-0.1, -0.05) is 41.6 Å². The van der Waals surface area contributed by atoms with Crippen LogP contribution in [0.15, 0.2) is 46.2 Å². The average Bonchev–Trinajstić information content (AvgIpc) is 3.07. The first-order valence-electron chi connectivity index (χ1n) is 6.70. The molecule has 1 aromatic carbocycles. The Labute approximate surface area is 127 Å². The smallest absolute Gasteiger partial charge is 0.276 e. The Hall–Kier alpha value is -2.08. The first kappa shape index (κ1) is 13.9. The van der Waals surface area contributed by atoms with E-state index in [0.29, 0.717) is 17.7 Å². The predicted molar refractivity (Wildman–Crippen MR) is 81.1 cm³/mol. The molecule has 5 nitrogen and oxygen atoms in total. The van der Waals surface area contributed by atoms with Gasteiger partial charge in [-0.15, -0.1) is 10.2 Å². The summed E-state index contributed by atoms with van der Waals surface area (Å²) in [6, 6.07) is 10.4. The van der Waals surface area contributed by atoms with E-state index >= 15 is 0 Å². The summed E-state index contributed by atoms with van der Waals surface area (Å²) in [6.45, 7) is 4.60. The van der Waals surface area contributed by atoms with Gasteiger partial charge in [0.25, 0.3) is 5.22 Å². The zero-order valence-corrected chi connectivity index (χ0v) is 12.8. The molecule has 0 aliphatic carbocycles. The summed E-state index contributed by atoms with van der Waals surface area (Å²) in [5.41, 5.74) is 3.58. The standard InChI is InChI=1S/C15H16N4OS/c1-11-4-3-5-13(8-11)10-21-15-18-17-14(20-15)9-19-12(2)6-7-16-19/h3-8H,9-10H2,1-2H3. The van der Waals surface area contributed by atoms with Crippen molar-refractivity contribution in [1.82, 2.24) is 20.0 Å². The summed E-state index contributed by atoms with van der Waals surface area (Å²) >= 11 is 1.55. The van der Waals surface area contributed by atoms with Gasteiger partial charge in [0, 0.05) is 17.6 Å². The van der Waals surface area contributed by atoms with Gasteiger partial charge in [-0.05, 0) is 25.5 Å². The largest absolute Gasteiger partial charge is 0.414 e. The van der Waals surface area contributed by atoms with Crippen LogP contribution < -0.4 is 0 Å². The van der Waals surface area contributed by atoms with Crippen molar-refractivity contribution in [3.63, 3.8) is 0 Å². The third-order valence-corrected chi connectivity index (χ3v) is 4.00. The second-order valence-electron chi connectivity index (χ2n) is 4.87. The topological polar surface area (TPSA) is 56.7 Å². The van der Waals surface area contributed by atoms with E-state index < -0.39 is 0 Å². The van der Waals surface area contributed by atoms with Gasteiger partial charge in [-0.2, -0.15) is 5.10 Å². The predicted octanol–water partition coefficient (Wildman–Crippen LogP) is 3.22. The summed E-state index contributed by atoms with van der Waals surface area (Å²) in [6.07, 6.45) is 1.76. The van der Waals surface area contributed by atoms with Crippen LogP contribution in [-0.2, 0) is 12.3 Å². The number of hydrogen-bond donors (Lipinski definition) is 0. The molecule has 0 aliphatic rings. The molecule has 0 fully saturated rings. The number of aryl methyl sites for hydroxylation is 2. The Morgan fingerprint density at radius 3 is 2.86 bits per heavy atom. The maximum atomic E-state index is 5.64. The second-order valence-corrected chi connectivity index (χ2v) is 5.80. The van der Waals surface area contributed by atoms with Crippen molar-refractivity contribution in [3.05, 3.63) is 59.2 Å². The van der Waals surface area contributed by atoms with E-state index in [-0.39, 0.29) is 0 Å². The molecule has 2 heterocycles. The molecule has 108 valence electrons. The summed E-state index contributed by atoms with van der Waals surface area (Å²) < 4.78 is 7.48. The molecule has 0 aliphatic heterocycles. The van der Waals surface area contributed by atoms with E-state index in [1.54, 1.807) is 18.0 Å². The fourth-order valence-electron chi connectivity index (χ4n) is 2.00. The van der Waals surface area contributed by atoms with Crippen molar-refractivity contribution in [2.24, 2.45) is 0 Å². The highest BCUT2D eigenvalue weighted by molar-refractivity contribution is 7.98. The third-order valence-electron chi connectivity index (χ3n) is 3.11. The van der Waals surface area contributed by atoms with Gasteiger partial charge in [0.05, 0.1) is 0 Å². The van der Waals surface area contributed by atoms with Crippen LogP contribution in [0.5, 0.6) is 0 Å². The zero-order chi connectivity index (χ0) is 14.7. The maximum Gasteiger partial charge on any atom is 0.276 e. The van der Waals surface area contributed by atoms with Crippen LogP contribution in [0.25, 0.3) is 0 Å². The average molecular weight is 300 g/mol. The van der Waals surface area contributed by atoms with Crippen molar-refractivity contribution in [3.8, 4) is 0 Å². The van der Waals surface area contributed by atoms with Crippen molar-refractivity contribution in [1.29, 1.82) is 0 Å². The van der Waals surface area contributed by atoms with Crippen LogP contribution in [0.2, 0.25) is 0 Å². The molecular formula is C15H16N4OS. The Morgan fingerprint density at radius 1 is 1.19 bits per heavy atom. The maximum absolute atomic E-state index is 5.64. The number of aromatic nitrogens is 4. The molecule has 3 aromatic rings. The summed E-state index contributed by atoms with van der Waals surface area (Å²) in [4.78, 5) is 0. The minimum atomic E-state index is 0.511. The van der Waals surface area contributed by atoms with E-state index in [9.17, 15) is 0 Å². The molecule has 0 amide bonds. The van der Waals surface area contributed by atoms with E-state index in [1.807, 2.05) is 17.7 Å². The van der Waals surface area contributed by atoms with Crippen LogP contribution in [0.4, 0.5) is 0 Å². The van der Waals surface area contributed by atoms with Crippen LogP contribution in [0.1, 0.15) is 22.7 Å². The molecule has 0 bridgehead atoms. The van der Waals surface area contributed by atoms with Crippen LogP contribution in [0, 0.1) is 13.8 Å². The van der Waals surface area contributed by atoms with Gasteiger partial charge >= 0.3 is 0 Å². The Morgan fingerprint density at radius 2 is 2.10 bits per heavy atom. The molecule has 6 heteroatoms. The van der Waals surface area contributed by atoms with E-state index in [1.165, 1.54) is 11.1 Å². The van der Waals surface area contributed by atoms with Gasteiger partial charge in [0.15, 0.2) is 0 Å². The molecule has 0 saturated carbocycles. The summed E-state index contributed by atoms with van der Waals surface area (Å²) in [7, 11) is 0. The molecule has 0 saturated heterocycles. The number of thioether (sulfide) groups is 1. The Bertz CT molecular complexity index is 735. The lowest BCUT2D eigenvalue weighted by Gasteiger charge is -2.00. The Kier molecular flexibility index (Phi) is 4.06. The number of rotatable bonds is 5. The van der Waals surface area contributed by atoms with Crippen LogP contribution in [0.3, 0.4) is 0 Å². The first-order chi connectivity index (χ1) is 10.2. The van der Waals surface area contributed by atoms with E-state index in [2.05, 4.69) is 46.5 Å². The number of hydrogen-bond acceptors (Lipinski definition) is 5. The van der Waals surface area contributed by atoms with Crippen LogP contribution >= 0.6 is 11.8 Å². The Balaban J connectivity index is 1.61. The SMILES string of the molecule is Cc1cccc(CSc2nnc(Cn3nccc3C)o2)c1. The molecule has 0 atom stereocenters. The fraction of sp³-hybridized carbons (Fsp3) is 0.267. The molecular weight excluding hydrogens is 284 g/mol. The van der Waals surface area contributed by atoms with Crippen LogP contribution in [-0.4, -0.2) is 20.0 Å². The quantitative estimate of drug-likeness (QED) is 0.677. The molecule has 2 aromatic heterocycles. The van der Waals surface area contributed by atoms with Crippen molar-refractivity contribution >= 4 is 11.8 Å². The monoisotopic (exact) mass is 300 g/mol. The van der Waals surface area contributed by atoms with Gasteiger partial charge in [-0.3, -0.25) is 4.68 Å². The molecule has 0 unspecified atom stereocenters. The fourth-order valence-corrected chi connectivity index (χ4v) is 2.72. The second kappa shape index (κ2) is 6.13. The molecule has 3 rings (SSSR count). The molecule has 21 heavy (non-hydrogen) atoms. The minimum Gasteiger partial charge on any atom is -0.414 e. The van der Waals surface area contributed by atoms with Crippen molar-refractivity contribution in [2.45, 2.75) is 31.4 Å². The van der Waals surface area contributed by atoms with Gasteiger partial charge in [0.1, 0.15) is 6.54 Å². The molecule has 0 spiro atoms. The highest BCUT2D eigenvalue weighted by Gasteiger charge is 2.09. The van der Waals surface area contributed by atoms with Crippen molar-refractivity contribution in [2.75, 3.05) is 0 Å². The highest BCUT2D eigenvalue weighted by atomic mass is 32.2. The minimum absolute atomic E-state index is 0.511. The normalized spacial score (nSPS) is 11.0. The zero-order valence-electron chi connectivity index (χ0n) is 12.0. The lowest BCUT2D eigenvalue weighted by molar-refractivity contribution is 0.396. The lowest BCUT2D eigenvalue weighted by Crippen LogP contribution is -2.03. The molecule has 0 radical (unpaired) electrons. The summed E-state index contributed by atoms with van der Waals surface area (Å²) in [5.74, 6) is 1.40. The van der Waals surface area contributed by atoms with Gasteiger partial charge in [-0.25, -0.2) is 0 Å². The van der Waals surface area contributed by atoms with E-state index in [0.717, 1.165) is 11.4 Å². The third kappa shape index (κ3) is 3.52. The molecule has 0 N–H and O–H groups in total. The number of benzene rings is 1. The lowest BCUT2D eigenvalue weighted by atomic mass is 10.2. The van der Waals surface area contributed by atoms with Crippen molar-refractivity contribution < 1.29 is 4.42 Å². The van der Waals surface area contributed by atoms with Gasteiger partial charge in [0.2, 0.25) is 5.89 Å². The van der Waals surface area contributed by atoms with Gasteiger partial charge < -0.3 is 4.42 Å². The summed E-state index contributed by atoms with van der Waals surface area (Å²) in [5, 5.41) is 12.9. The number of nitrogens with zero attached hydrogens (tertiary/aromatic N) is 4.